The van der Waals surface area contributed by atoms with Crippen LogP contribution in [0.5, 0.6) is 0 Å². The maximum atomic E-state index is 6.04. The minimum Gasteiger partial charge on any atom is -0.397 e. The molecular weight excluding hydrogens is 248 g/mol. The Kier molecular flexibility index (Phi) is 3.49. The van der Waals surface area contributed by atoms with Crippen LogP contribution in [-0.4, -0.2) is 43.1 Å². The Labute approximate surface area is 120 Å². The van der Waals surface area contributed by atoms with Gasteiger partial charge in [0, 0.05) is 36.9 Å². The predicted octanol–water partition coefficient (Wildman–Crippen LogP) is 2.35. The molecule has 1 fully saturated rings. The lowest BCUT2D eigenvalue weighted by Crippen LogP contribution is -2.45. The standard InChI is InChI=1S/C16H22N4/c1-19-10-4-5-12(11-19)20(2)15-8-7-14(17)16-13(15)6-3-9-18-16/h3,6-9,12H,4-5,10-11,17H2,1-2H3. The topological polar surface area (TPSA) is 45.4 Å². The summed E-state index contributed by atoms with van der Waals surface area (Å²) in [6.07, 6.45) is 4.31. The highest BCUT2D eigenvalue weighted by molar-refractivity contribution is 5.98. The Balaban J connectivity index is 1.99. The number of nitrogens with zero attached hydrogens (tertiary/aromatic N) is 3. The van der Waals surface area contributed by atoms with E-state index in [0.717, 1.165) is 23.1 Å². The summed E-state index contributed by atoms with van der Waals surface area (Å²) in [6, 6.07) is 8.73. The molecule has 20 heavy (non-hydrogen) atoms. The largest absolute Gasteiger partial charge is 0.397 e. The van der Waals surface area contributed by atoms with Crippen LogP contribution >= 0.6 is 0 Å². The van der Waals surface area contributed by atoms with E-state index in [1.165, 1.54) is 25.1 Å². The van der Waals surface area contributed by atoms with Crippen LogP contribution in [0, 0.1) is 0 Å². The molecular formula is C16H22N4. The lowest BCUT2D eigenvalue weighted by atomic mass is 10.0. The zero-order valence-electron chi connectivity index (χ0n) is 12.2. The summed E-state index contributed by atoms with van der Waals surface area (Å²) in [5.74, 6) is 0. The van der Waals surface area contributed by atoms with E-state index < -0.39 is 0 Å². The molecule has 3 rings (SSSR count). The molecule has 4 heteroatoms. The van der Waals surface area contributed by atoms with E-state index in [0.29, 0.717) is 6.04 Å². The molecule has 2 heterocycles. The number of anilines is 2. The fourth-order valence-electron chi connectivity index (χ4n) is 3.14. The first-order valence-corrected chi connectivity index (χ1v) is 7.21. The van der Waals surface area contributed by atoms with Crippen molar-refractivity contribution in [3.63, 3.8) is 0 Å². The fraction of sp³-hybridized carbons (Fsp3) is 0.438. The molecule has 0 spiro atoms. The molecule has 0 amide bonds. The van der Waals surface area contributed by atoms with Gasteiger partial charge < -0.3 is 15.5 Å². The van der Waals surface area contributed by atoms with Crippen molar-refractivity contribution in [2.75, 3.05) is 37.8 Å². The molecule has 1 aliphatic rings. The second-order valence-corrected chi connectivity index (χ2v) is 5.74. The van der Waals surface area contributed by atoms with Crippen molar-refractivity contribution < 1.29 is 0 Å². The number of likely N-dealkylation sites (tertiary alicyclic amines) is 1. The monoisotopic (exact) mass is 270 g/mol. The number of rotatable bonds is 2. The van der Waals surface area contributed by atoms with E-state index in [-0.39, 0.29) is 0 Å². The summed E-state index contributed by atoms with van der Waals surface area (Å²) < 4.78 is 0. The van der Waals surface area contributed by atoms with E-state index in [2.05, 4.69) is 41.0 Å². The molecule has 2 N–H and O–H groups in total. The highest BCUT2D eigenvalue weighted by atomic mass is 15.2. The minimum absolute atomic E-state index is 0.556. The summed E-state index contributed by atoms with van der Waals surface area (Å²) >= 11 is 0. The van der Waals surface area contributed by atoms with Crippen molar-refractivity contribution in [3.8, 4) is 0 Å². The van der Waals surface area contributed by atoms with Crippen molar-refractivity contribution in [1.29, 1.82) is 0 Å². The average Bonchev–Trinajstić information content (AvgIpc) is 2.47. The zero-order chi connectivity index (χ0) is 14.1. The van der Waals surface area contributed by atoms with Gasteiger partial charge in [0.2, 0.25) is 0 Å². The molecule has 1 aromatic heterocycles. The summed E-state index contributed by atoms with van der Waals surface area (Å²) in [4.78, 5) is 9.21. The molecule has 1 aliphatic heterocycles. The number of nitrogens with two attached hydrogens (primary N) is 1. The Bertz CT molecular complexity index is 610. The SMILES string of the molecule is CN1CCCC(N(C)c2ccc(N)c3ncccc23)C1. The highest BCUT2D eigenvalue weighted by Gasteiger charge is 2.22. The van der Waals surface area contributed by atoms with Crippen molar-refractivity contribution in [3.05, 3.63) is 30.5 Å². The van der Waals surface area contributed by atoms with Crippen LogP contribution < -0.4 is 10.6 Å². The second kappa shape index (κ2) is 5.29. The van der Waals surface area contributed by atoms with Crippen LogP contribution in [0.2, 0.25) is 0 Å². The number of nitrogen functional groups attached to an aromatic ring is 1. The van der Waals surface area contributed by atoms with Gasteiger partial charge in [-0.15, -0.1) is 0 Å². The summed E-state index contributed by atoms with van der Waals surface area (Å²) in [7, 11) is 4.38. The van der Waals surface area contributed by atoms with E-state index in [4.69, 9.17) is 5.73 Å². The van der Waals surface area contributed by atoms with Gasteiger partial charge in [0.1, 0.15) is 0 Å². The Morgan fingerprint density at radius 2 is 2.20 bits per heavy atom. The Morgan fingerprint density at radius 3 is 3.00 bits per heavy atom. The third-order valence-electron chi connectivity index (χ3n) is 4.31. The Morgan fingerprint density at radius 1 is 1.35 bits per heavy atom. The van der Waals surface area contributed by atoms with Gasteiger partial charge in [-0.2, -0.15) is 0 Å². The molecule has 0 radical (unpaired) electrons. The van der Waals surface area contributed by atoms with Gasteiger partial charge in [0.05, 0.1) is 11.2 Å². The van der Waals surface area contributed by atoms with Crippen LogP contribution in [0.3, 0.4) is 0 Å². The summed E-state index contributed by atoms with van der Waals surface area (Å²) in [5, 5.41) is 1.14. The normalized spacial score (nSPS) is 20.2. The molecule has 106 valence electrons. The quantitative estimate of drug-likeness (QED) is 0.851. The average molecular weight is 270 g/mol. The van der Waals surface area contributed by atoms with Crippen LogP contribution in [-0.2, 0) is 0 Å². The Hall–Kier alpha value is -1.81. The molecule has 1 unspecified atom stereocenters. The first kappa shape index (κ1) is 13.2. The first-order valence-electron chi connectivity index (χ1n) is 7.21. The minimum atomic E-state index is 0.556. The molecule has 0 saturated carbocycles. The molecule has 1 aromatic carbocycles. The number of benzene rings is 1. The number of fused-ring (bicyclic) bond motifs is 1. The van der Waals surface area contributed by atoms with Crippen molar-refractivity contribution in [2.24, 2.45) is 0 Å². The van der Waals surface area contributed by atoms with E-state index in [1.54, 1.807) is 6.20 Å². The van der Waals surface area contributed by atoms with Gasteiger partial charge in [-0.3, -0.25) is 4.98 Å². The van der Waals surface area contributed by atoms with Crippen molar-refractivity contribution in [2.45, 2.75) is 18.9 Å². The third-order valence-corrected chi connectivity index (χ3v) is 4.31. The van der Waals surface area contributed by atoms with E-state index in [1.807, 2.05) is 12.1 Å². The zero-order valence-corrected chi connectivity index (χ0v) is 12.2. The molecule has 0 bridgehead atoms. The van der Waals surface area contributed by atoms with Crippen LogP contribution in [0.4, 0.5) is 11.4 Å². The number of hydrogen-bond acceptors (Lipinski definition) is 4. The van der Waals surface area contributed by atoms with Gasteiger partial charge in [-0.1, -0.05) is 0 Å². The van der Waals surface area contributed by atoms with Crippen LogP contribution in [0.25, 0.3) is 10.9 Å². The maximum Gasteiger partial charge on any atom is 0.0951 e. The van der Waals surface area contributed by atoms with Gasteiger partial charge in [-0.05, 0) is 50.7 Å². The van der Waals surface area contributed by atoms with Gasteiger partial charge in [0.25, 0.3) is 0 Å². The van der Waals surface area contributed by atoms with Crippen molar-refractivity contribution in [1.82, 2.24) is 9.88 Å². The van der Waals surface area contributed by atoms with Gasteiger partial charge in [0.15, 0.2) is 0 Å². The number of piperidine rings is 1. The lowest BCUT2D eigenvalue weighted by Gasteiger charge is -2.37. The first-order chi connectivity index (χ1) is 9.66. The van der Waals surface area contributed by atoms with Crippen molar-refractivity contribution >= 4 is 22.3 Å². The molecule has 0 aliphatic carbocycles. The smallest absolute Gasteiger partial charge is 0.0951 e. The molecule has 1 atom stereocenters. The third kappa shape index (κ3) is 2.31. The molecule has 2 aromatic rings. The lowest BCUT2D eigenvalue weighted by molar-refractivity contribution is 0.248. The summed E-state index contributed by atoms with van der Waals surface area (Å²) in [5.41, 5.74) is 8.91. The van der Waals surface area contributed by atoms with Gasteiger partial charge >= 0.3 is 0 Å². The van der Waals surface area contributed by atoms with E-state index >= 15 is 0 Å². The van der Waals surface area contributed by atoms with Gasteiger partial charge in [-0.25, -0.2) is 0 Å². The maximum absolute atomic E-state index is 6.04. The summed E-state index contributed by atoms with van der Waals surface area (Å²) in [6.45, 7) is 2.32. The van der Waals surface area contributed by atoms with Crippen LogP contribution in [0.1, 0.15) is 12.8 Å². The molecule has 1 saturated heterocycles. The number of aromatic nitrogens is 1. The predicted molar refractivity (Wildman–Crippen MR) is 85.1 cm³/mol. The highest BCUT2D eigenvalue weighted by Crippen LogP contribution is 2.31. The van der Waals surface area contributed by atoms with Crippen LogP contribution in [0.15, 0.2) is 30.5 Å². The van der Waals surface area contributed by atoms with E-state index in [9.17, 15) is 0 Å². The number of likely N-dealkylation sites (N-methyl/N-ethyl adjacent to an activating group) is 2. The fourth-order valence-corrected chi connectivity index (χ4v) is 3.14. The second-order valence-electron chi connectivity index (χ2n) is 5.74. The number of pyridine rings is 1. The molecule has 4 nitrogen and oxygen atoms in total. The number of hydrogen-bond donors (Lipinski definition) is 1.